The number of ketones is 1. The first-order valence-electron chi connectivity index (χ1n) is 14.0. The quantitative estimate of drug-likeness (QED) is 0.336. The zero-order chi connectivity index (χ0) is 29.5. The van der Waals surface area contributed by atoms with Crippen LogP contribution < -0.4 is 21.9 Å². The Bertz CT molecular complexity index is 1850. The molecule has 1 unspecified atom stereocenters. The van der Waals surface area contributed by atoms with Crippen molar-refractivity contribution in [1.29, 1.82) is 5.26 Å². The second-order valence-electron chi connectivity index (χ2n) is 10.9. The molecule has 6 rings (SSSR count). The summed E-state index contributed by atoms with van der Waals surface area (Å²) in [5.41, 5.74) is 5.23. The van der Waals surface area contributed by atoms with Gasteiger partial charge in [-0.05, 0) is 55.9 Å². The Morgan fingerprint density at radius 3 is 2.43 bits per heavy atom. The van der Waals surface area contributed by atoms with E-state index in [-0.39, 0.29) is 29.8 Å². The van der Waals surface area contributed by atoms with Gasteiger partial charge in [0.05, 0.1) is 30.3 Å². The van der Waals surface area contributed by atoms with Crippen molar-refractivity contribution in [3.8, 4) is 6.07 Å². The van der Waals surface area contributed by atoms with Crippen LogP contribution in [0.5, 0.6) is 0 Å². The molecule has 2 aromatic carbocycles. The molecule has 12 heteroatoms. The maximum Gasteiger partial charge on any atom is 0.333 e. The monoisotopic (exact) mass is 573 g/mol. The Morgan fingerprint density at radius 2 is 1.76 bits per heavy atom. The lowest BCUT2D eigenvalue weighted by Crippen LogP contribution is -2.44. The summed E-state index contributed by atoms with van der Waals surface area (Å²) in [7, 11) is 0. The number of aromatic nitrogens is 4. The number of benzene rings is 2. The molecule has 216 valence electrons. The van der Waals surface area contributed by atoms with E-state index in [9.17, 15) is 28.4 Å². The Hall–Kier alpha value is -4.63. The van der Waals surface area contributed by atoms with E-state index in [0.29, 0.717) is 43.0 Å². The van der Waals surface area contributed by atoms with Crippen molar-refractivity contribution in [1.82, 2.24) is 18.7 Å². The van der Waals surface area contributed by atoms with Crippen LogP contribution in [0.4, 0.5) is 14.7 Å². The minimum absolute atomic E-state index is 0.0743. The third kappa shape index (κ3) is 4.69. The van der Waals surface area contributed by atoms with Gasteiger partial charge in [-0.15, -0.1) is 0 Å². The van der Waals surface area contributed by atoms with Gasteiger partial charge in [-0.2, -0.15) is 10.2 Å². The summed E-state index contributed by atoms with van der Waals surface area (Å²) in [6.45, 7) is 0.358. The number of hydrogen-bond donors (Lipinski definition) is 1. The minimum Gasteiger partial charge on any atom is -0.341 e. The molecule has 1 aliphatic carbocycles. The lowest BCUT2D eigenvalue weighted by Gasteiger charge is -2.32. The Balaban J connectivity index is 1.60. The molecule has 42 heavy (non-hydrogen) atoms. The maximum absolute atomic E-state index is 14.5. The number of hydrogen-bond acceptors (Lipinski definition) is 7. The number of rotatable bonds is 7. The first-order chi connectivity index (χ1) is 20.3. The highest BCUT2D eigenvalue weighted by atomic mass is 19.1. The van der Waals surface area contributed by atoms with Crippen LogP contribution >= 0.6 is 0 Å². The highest BCUT2D eigenvalue weighted by Crippen LogP contribution is 2.33. The summed E-state index contributed by atoms with van der Waals surface area (Å²) >= 11 is 0. The fourth-order valence-corrected chi connectivity index (χ4v) is 5.86. The van der Waals surface area contributed by atoms with Crippen LogP contribution in [0, 0.1) is 23.0 Å². The summed E-state index contributed by atoms with van der Waals surface area (Å²) in [6, 6.07) is 11.8. The van der Waals surface area contributed by atoms with E-state index in [0.717, 1.165) is 42.0 Å². The summed E-state index contributed by atoms with van der Waals surface area (Å²) in [5, 5.41) is 9.74. The topological polar surface area (TPSA) is 132 Å². The third-order valence-corrected chi connectivity index (χ3v) is 8.23. The lowest BCUT2D eigenvalue weighted by molar-refractivity contribution is 0.0959. The molecule has 4 aromatic rings. The van der Waals surface area contributed by atoms with Crippen molar-refractivity contribution in [3.63, 3.8) is 0 Å². The van der Waals surface area contributed by atoms with Crippen molar-refractivity contribution in [2.24, 2.45) is 5.73 Å². The number of imidazole rings is 1. The van der Waals surface area contributed by atoms with Gasteiger partial charge in [0.25, 0.3) is 5.56 Å². The standard InChI is InChI=1S/C30H29F2N7O3/c31-22-11-4-12-23(32)25(22)24(40)17-38-28(41)26-27(39(30(38)42)21-9-3-10-21)35-29(36-13-5-8-20(34)16-36)37(26)15-19-7-2-1-6-18(19)14-33/h1-2,4,6-7,11-12,20-21H,3,5,8-10,13,15-17,34H2. The molecule has 0 bridgehead atoms. The summed E-state index contributed by atoms with van der Waals surface area (Å²) < 4.78 is 32.8. The fraction of sp³-hybridized carbons (Fsp3) is 0.367. The number of nitrogens with two attached hydrogens (primary N) is 1. The number of nitriles is 1. The molecule has 10 nitrogen and oxygen atoms in total. The second-order valence-corrected chi connectivity index (χ2v) is 10.9. The highest BCUT2D eigenvalue weighted by Gasteiger charge is 2.32. The van der Waals surface area contributed by atoms with Crippen LogP contribution in [-0.4, -0.2) is 43.6 Å². The first-order valence-corrected chi connectivity index (χ1v) is 14.0. The van der Waals surface area contributed by atoms with Crippen molar-refractivity contribution in [2.75, 3.05) is 18.0 Å². The molecule has 0 radical (unpaired) electrons. The van der Waals surface area contributed by atoms with E-state index in [4.69, 9.17) is 10.7 Å². The lowest BCUT2D eigenvalue weighted by atomic mass is 9.93. The third-order valence-electron chi connectivity index (χ3n) is 8.23. The molecule has 1 aliphatic heterocycles. The molecule has 3 heterocycles. The number of fused-ring (bicyclic) bond motifs is 1. The van der Waals surface area contributed by atoms with E-state index in [1.807, 2.05) is 4.90 Å². The molecule has 0 spiro atoms. The van der Waals surface area contributed by atoms with E-state index in [1.165, 1.54) is 4.57 Å². The largest absolute Gasteiger partial charge is 0.341 e. The van der Waals surface area contributed by atoms with Crippen LogP contribution in [0.15, 0.2) is 52.1 Å². The number of carbonyl (C=O) groups is 1. The van der Waals surface area contributed by atoms with Gasteiger partial charge in [-0.1, -0.05) is 24.3 Å². The van der Waals surface area contributed by atoms with Crippen LogP contribution in [0.3, 0.4) is 0 Å². The van der Waals surface area contributed by atoms with Crippen LogP contribution in [0.2, 0.25) is 0 Å². The van der Waals surface area contributed by atoms with Gasteiger partial charge in [-0.25, -0.2) is 13.6 Å². The van der Waals surface area contributed by atoms with Crippen molar-refractivity contribution < 1.29 is 13.6 Å². The summed E-state index contributed by atoms with van der Waals surface area (Å²) in [6.07, 6.45) is 3.87. The van der Waals surface area contributed by atoms with Gasteiger partial charge in [0, 0.05) is 25.2 Å². The van der Waals surface area contributed by atoms with Gasteiger partial charge in [0.15, 0.2) is 16.9 Å². The summed E-state index contributed by atoms with van der Waals surface area (Å²) in [4.78, 5) is 47.9. The van der Waals surface area contributed by atoms with E-state index < -0.39 is 40.8 Å². The molecule has 0 amide bonds. The molecule has 1 atom stereocenters. The van der Waals surface area contributed by atoms with E-state index in [2.05, 4.69) is 6.07 Å². The van der Waals surface area contributed by atoms with Crippen LogP contribution in [-0.2, 0) is 13.1 Å². The van der Waals surface area contributed by atoms with Crippen molar-refractivity contribution in [3.05, 3.63) is 91.6 Å². The van der Waals surface area contributed by atoms with Gasteiger partial charge >= 0.3 is 5.69 Å². The zero-order valence-corrected chi connectivity index (χ0v) is 22.8. The number of Topliss-reactive ketones (excluding diaryl/α,β-unsaturated/α-hetero) is 1. The number of anilines is 1. The number of carbonyl (C=O) groups excluding carboxylic acids is 1. The molecular formula is C30H29F2N7O3. The van der Waals surface area contributed by atoms with E-state index >= 15 is 0 Å². The Kier molecular flexibility index (Phi) is 7.20. The second kappa shape index (κ2) is 11.0. The molecule has 2 N–H and O–H groups in total. The van der Waals surface area contributed by atoms with Gasteiger partial charge in [0.1, 0.15) is 11.6 Å². The van der Waals surface area contributed by atoms with Gasteiger partial charge in [-0.3, -0.25) is 23.3 Å². The Labute approximate surface area is 239 Å². The van der Waals surface area contributed by atoms with Crippen molar-refractivity contribution >= 4 is 22.9 Å². The fourth-order valence-electron chi connectivity index (χ4n) is 5.86. The average Bonchev–Trinajstić information content (AvgIpc) is 3.31. The first kappa shape index (κ1) is 27.5. The highest BCUT2D eigenvalue weighted by molar-refractivity contribution is 5.96. The molecule has 1 saturated carbocycles. The zero-order valence-electron chi connectivity index (χ0n) is 22.8. The average molecular weight is 574 g/mol. The predicted molar refractivity (Wildman–Crippen MR) is 152 cm³/mol. The SMILES string of the molecule is N#Cc1ccccc1Cn1c(N2CCCC(N)C2)nc2c1c(=O)n(CC(=O)c1c(F)cccc1F)c(=O)n2C1CCC1. The van der Waals surface area contributed by atoms with Crippen molar-refractivity contribution in [2.45, 2.75) is 57.3 Å². The maximum atomic E-state index is 14.5. The summed E-state index contributed by atoms with van der Waals surface area (Å²) in [5.74, 6) is -2.75. The normalized spacial score (nSPS) is 17.3. The molecule has 2 aliphatic rings. The molecule has 2 fully saturated rings. The molecule has 2 aromatic heterocycles. The van der Waals surface area contributed by atoms with Crippen LogP contribution in [0.1, 0.15) is 59.6 Å². The van der Waals surface area contributed by atoms with Gasteiger partial charge in [0.2, 0.25) is 5.95 Å². The number of halogens is 2. The number of piperidine rings is 1. The predicted octanol–water partition coefficient (Wildman–Crippen LogP) is 3.09. The molecule has 1 saturated heterocycles. The van der Waals surface area contributed by atoms with E-state index in [1.54, 1.807) is 28.8 Å². The number of nitrogens with zero attached hydrogens (tertiary/aromatic N) is 6. The Morgan fingerprint density at radius 1 is 1.02 bits per heavy atom. The van der Waals surface area contributed by atoms with Crippen LogP contribution in [0.25, 0.3) is 11.2 Å². The molecular weight excluding hydrogens is 544 g/mol. The smallest absolute Gasteiger partial charge is 0.333 e. The minimum atomic E-state index is -1.07. The van der Waals surface area contributed by atoms with Gasteiger partial charge < -0.3 is 10.6 Å².